The summed E-state index contributed by atoms with van der Waals surface area (Å²) in [6, 6.07) is 3.90. The van der Waals surface area contributed by atoms with Crippen molar-refractivity contribution in [2.24, 2.45) is 4.99 Å². The van der Waals surface area contributed by atoms with Crippen LogP contribution in [0.1, 0.15) is 12.5 Å². The molecule has 0 aliphatic heterocycles. The van der Waals surface area contributed by atoms with Crippen LogP contribution in [0.4, 0.5) is 0 Å². The molecule has 2 nitrogen and oxygen atoms in total. The monoisotopic (exact) mass is 134 g/mol. The third kappa shape index (κ3) is 1.41. The Bertz CT molecular complexity index is 226. The Morgan fingerprint density at radius 1 is 1.60 bits per heavy atom. The van der Waals surface area contributed by atoms with E-state index in [0.717, 1.165) is 11.3 Å². The van der Waals surface area contributed by atoms with Crippen molar-refractivity contribution in [1.29, 1.82) is 0 Å². The highest BCUT2D eigenvalue weighted by atomic mass is 14.7. The van der Waals surface area contributed by atoms with Gasteiger partial charge in [0.25, 0.3) is 0 Å². The fourth-order valence-electron chi connectivity index (χ4n) is 0.706. The van der Waals surface area contributed by atoms with Gasteiger partial charge in [-0.2, -0.15) is 0 Å². The van der Waals surface area contributed by atoms with E-state index in [4.69, 9.17) is 0 Å². The van der Waals surface area contributed by atoms with Crippen LogP contribution in [0.5, 0.6) is 0 Å². The summed E-state index contributed by atoms with van der Waals surface area (Å²) in [7, 11) is 1.78. The Balaban J connectivity index is 2.96. The minimum absolute atomic E-state index is 1.02. The van der Waals surface area contributed by atoms with E-state index in [1.807, 2.05) is 25.3 Å². The van der Waals surface area contributed by atoms with Crippen LogP contribution in [0, 0.1) is 0 Å². The highest BCUT2D eigenvalue weighted by Gasteiger charge is 1.91. The number of aliphatic imine (C=N–C) groups is 1. The molecule has 1 aromatic heterocycles. The third-order valence-electron chi connectivity index (χ3n) is 1.41. The SMILES string of the molecule is CN=C(C)c1cccnc1. The summed E-state index contributed by atoms with van der Waals surface area (Å²) in [5.41, 5.74) is 2.11. The van der Waals surface area contributed by atoms with Crippen LogP contribution < -0.4 is 0 Å². The molecule has 0 atom stereocenters. The molecule has 1 heterocycles. The molecule has 0 unspecified atom stereocenters. The van der Waals surface area contributed by atoms with Gasteiger partial charge in [-0.1, -0.05) is 6.07 Å². The maximum atomic E-state index is 4.04. The lowest BCUT2D eigenvalue weighted by Crippen LogP contribution is -1.93. The van der Waals surface area contributed by atoms with E-state index in [0.29, 0.717) is 0 Å². The predicted octanol–water partition coefficient (Wildman–Crippen LogP) is 1.52. The van der Waals surface area contributed by atoms with E-state index in [9.17, 15) is 0 Å². The van der Waals surface area contributed by atoms with Gasteiger partial charge in [0.05, 0.1) is 0 Å². The summed E-state index contributed by atoms with van der Waals surface area (Å²) in [4.78, 5) is 8.01. The van der Waals surface area contributed by atoms with Gasteiger partial charge in [0.1, 0.15) is 0 Å². The van der Waals surface area contributed by atoms with E-state index in [2.05, 4.69) is 9.98 Å². The van der Waals surface area contributed by atoms with Crippen LogP contribution in [0.2, 0.25) is 0 Å². The first-order valence-electron chi connectivity index (χ1n) is 3.18. The van der Waals surface area contributed by atoms with Crippen LogP contribution in [0.3, 0.4) is 0 Å². The summed E-state index contributed by atoms with van der Waals surface area (Å²) < 4.78 is 0. The van der Waals surface area contributed by atoms with E-state index in [1.54, 1.807) is 13.2 Å². The zero-order valence-corrected chi connectivity index (χ0v) is 6.20. The fourth-order valence-corrected chi connectivity index (χ4v) is 0.706. The smallest absolute Gasteiger partial charge is 0.0401 e. The van der Waals surface area contributed by atoms with E-state index >= 15 is 0 Å². The Morgan fingerprint density at radius 3 is 2.90 bits per heavy atom. The first-order valence-corrected chi connectivity index (χ1v) is 3.18. The maximum absolute atomic E-state index is 4.04. The van der Waals surface area contributed by atoms with Crippen LogP contribution in [0.15, 0.2) is 29.5 Å². The lowest BCUT2D eigenvalue weighted by molar-refractivity contribution is 1.30. The van der Waals surface area contributed by atoms with Gasteiger partial charge in [-0.3, -0.25) is 9.98 Å². The van der Waals surface area contributed by atoms with Gasteiger partial charge in [0.15, 0.2) is 0 Å². The highest BCUT2D eigenvalue weighted by Crippen LogP contribution is 1.96. The largest absolute Gasteiger partial charge is 0.293 e. The molecule has 0 aliphatic rings. The molecule has 1 aromatic rings. The first kappa shape index (κ1) is 6.93. The van der Waals surface area contributed by atoms with Crippen molar-refractivity contribution in [3.63, 3.8) is 0 Å². The lowest BCUT2D eigenvalue weighted by Gasteiger charge is -1.95. The van der Waals surface area contributed by atoms with Crippen molar-refractivity contribution in [3.05, 3.63) is 30.1 Å². The highest BCUT2D eigenvalue weighted by molar-refractivity contribution is 5.98. The molecule has 10 heavy (non-hydrogen) atoms. The van der Waals surface area contributed by atoms with Gasteiger partial charge >= 0.3 is 0 Å². The second kappa shape index (κ2) is 3.11. The molecular weight excluding hydrogens is 124 g/mol. The zero-order valence-electron chi connectivity index (χ0n) is 6.20. The normalized spacial score (nSPS) is 11.6. The number of aromatic nitrogens is 1. The van der Waals surface area contributed by atoms with Crippen LogP contribution in [0.25, 0.3) is 0 Å². The van der Waals surface area contributed by atoms with Crippen LogP contribution in [-0.4, -0.2) is 17.7 Å². The molecule has 0 saturated carbocycles. The summed E-state index contributed by atoms with van der Waals surface area (Å²) >= 11 is 0. The van der Waals surface area contributed by atoms with Crippen molar-refractivity contribution in [1.82, 2.24) is 4.98 Å². The van der Waals surface area contributed by atoms with Crippen molar-refractivity contribution in [2.75, 3.05) is 7.05 Å². The Kier molecular flexibility index (Phi) is 2.15. The lowest BCUT2D eigenvalue weighted by atomic mass is 10.2. The van der Waals surface area contributed by atoms with E-state index in [-0.39, 0.29) is 0 Å². The quantitative estimate of drug-likeness (QED) is 0.534. The second-order valence-corrected chi connectivity index (χ2v) is 2.05. The van der Waals surface area contributed by atoms with Crippen LogP contribution >= 0.6 is 0 Å². The summed E-state index contributed by atoms with van der Waals surface area (Å²) in [5, 5.41) is 0. The van der Waals surface area contributed by atoms with Gasteiger partial charge in [-0.15, -0.1) is 0 Å². The van der Waals surface area contributed by atoms with Gasteiger partial charge in [0.2, 0.25) is 0 Å². The van der Waals surface area contributed by atoms with Gasteiger partial charge in [-0.25, -0.2) is 0 Å². The minimum atomic E-state index is 1.02. The molecule has 0 radical (unpaired) electrons. The predicted molar refractivity (Wildman–Crippen MR) is 42.4 cm³/mol. The molecule has 52 valence electrons. The Hall–Kier alpha value is -1.18. The van der Waals surface area contributed by atoms with E-state index in [1.165, 1.54) is 0 Å². The molecule has 0 N–H and O–H groups in total. The zero-order chi connectivity index (χ0) is 7.40. The van der Waals surface area contributed by atoms with Gasteiger partial charge in [0, 0.05) is 30.7 Å². The van der Waals surface area contributed by atoms with Crippen molar-refractivity contribution in [2.45, 2.75) is 6.92 Å². The molecule has 0 spiro atoms. The molecule has 0 amide bonds. The summed E-state index contributed by atoms with van der Waals surface area (Å²) in [5.74, 6) is 0. The van der Waals surface area contributed by atoms with Crippen molar-refractivity contribution >= 4 is 5.71 Å². The number of rotatable bonds is 1. The van der Waals surface area contributed by atoms with Crippen LogP contribution in [-0.2, 0) is 0 Å². The molecule has 0 fully saturated rings. The average Bonchev–Trinajstić information content (AvgIpc) is 2.05. The fraction of sp³-hybridized carbons (Fsp3) is 0.250. The number of nitrogens with zero attached hydrogens (tertiary/aromatic N) is 2. The number of hydrogen-bond acceptors (Lipinski definition) is 2. The van der Waals surface area contributed by atoms with E-state index < -0.39 is 0 Å². The molecule has 1 rings (SSSR count). The standard InChI is InChI=1S/C8H10N2/c1-7(9-2)8-4-3-5-10-6-8/h3-6H,1-2H3. The Morgan fingerprint density at radius 2 is 2.40 bits per heavy atom. The first-order chi connectivity index (χ1) is 4.84. The maximum Gasteiger partial charge on any atom is 0.0401 e. The molecule has 0 aliphatic carbocycles. The number of pyridine rings is 1. The van der Waals surface area contributed by atoms with Gasteiger partial charge < -0.3 is 0 Å². The van der Waals surface area contributed by atoms with Crippen molar-refractivity contribution in [3.8, 4) is 0 Å². The topological polar surface area (TPSA) is 25.2 Å². The molecule has 0 saturated heterocycles. The average molecular weight is 134 g/mol. The third-order valence-corrected chi connectivity index (χ3v) is 1.41. The van der Waals surface area contributed by atoms with Crippen molar-refractivity contribution < 1.29 is 0 Å². The summed E-state index contributed by atoms with van der Waals surface area (Å²) in [6.07, 6.45) is 3.56. The second-order valence-electron chi connectivity index (χ2n) is 2.05. The summed E-state index contributed by atoms with van der Waals surface area (Å²) in [6.45, 7) is 1.97. The minimum Gasteiger partial charge on any atom is -0.293 e. The molecule has 0 aromatic carbocycles. The molecule has 2 heteroatoms. The van der Waals surface area contributed by atoms with Gasteiger partial charge in [-0.05, 0) is 13.0 Å². The molecular formula is C8H10N2. The number of hydrogen-bond donors (Lipinski definition) is 0. The Labute approximate surface area is 60.6 Å². The molecule has 0 bridgehead atoms.